The number of nitrogens with zero attached hydrogens (tertiary/aromatic N) is 1. The van der Waals surface area contributed by atoms with Gasteiger partial charge >= 0.3 is 5.97 Å². The molecule has 0 spiro atoms. The van der Waals surface area contributed by atoms with Crippen molar-refractivity contribution in [3.63, 3.8) is 0 Å². The zero-order chi connectivity index (χ0) is 27.0. The topological polar surface area (TPSA) is 205 Å². The van der Waals surface area contributed by atoms with Crippen molar-refractivity contribution in [3.05, 3.63) is 29.8 Å². The van der Waals surface area contributed by atoms with E-state index in [1.54, 1.807) is 12.1 Å². The van der Waals surface area contributed by atoms with Crippen molar-refractivity contribution in [3.8, 4) is 5.75 Å². The van der Waals surface area contributed by atoms with Gasteiger partial charge in [0.15, 0.2) is 0 Å². The first-order chi connectivity index (χ1) is 16.9. The van der Waals surface area contributed by atoms with Crippen molar-refractivity contribution in [2.45, 2.75) is 70.1 Å². The third-order valence-corrected chi connectivity index (χ3v) is 5.91. The van der Waals surface area contributed by atoms with Crippen LogP contribution < -0.4 is 22.1 Å². The number of nitrogens with one attached hydrogen (secondary N) is 2. The van der Waals surface area contributed by atoms with E-state index in [1.165, 1.54) is 17.0 Å². The highest BCUT2D eigenvalue weighted by Crippen LogP contribution is 2.21. The number of aliphatic carboxylic acids is 1. The van der Waals surface area contributed by atoms with Gasteiger partial charge in [-0.25, -0.2) is 4.79 Å². The summed E-state index contributed by atoms with van der Waals surface area (Å²) in [5.74, 6) is -3.75. The maximum absolute atomic E-state index is 13.5. The predicted molar refractivity (Wildman–Crippen MR) is 129 cm³/mol. The van der Waals surface area contributed by atoms with E-state index in [9.17, 15) is 34.2 Å². The number of aromatic hydroxyl groups is 1. The number of benzene rings is 1. The zero-order valence-electron chi connectivity index (χ0n) is 20.5. The van der Waals surface area contributed by atoms with Gasteiger partial charge in [0.25, 0.3) is 0 Å². The second-order valence-corrected chi connectivity index (χ2v) is 9.43. The summed E-state index contributed by atoms with van der Waals surface area (Å²) < 4.78 is 0. The van der Waals surface area contributed by atoms with Crippen LogP contribution in [0.25, 0.3) is 0 Å². The van der Waals surface area contributed by atoms with Crippen molar-refractivity contribution < 1.29 is 34.2 Å². The summed E-state index contributed by atoms with van der Waals surface area (Å²) in [5.41, 5.74) is 11.5. The molecule has 4 atom stereocenters. The molecular weight excluding hydrogens is 470 g/mol. The molecule has 12 heteroatoms. The number of phenolic OH excluding ortho intramolecular Hbond substituents is 1. The van der Waals surface area contributed by atoms with Gasteiger partial charge < -0.3 is 37.2 Å². The van der Waals surface area contributed by atoms with Gasteiger partial charge in [-0.15, -0.1) is 0 Å². The molecular formula is C24H35N5O7. The lowest BCUT2D eigenvalue weighted by Gasteiger charge is -2.30. The number of phenols is 1. The minimum atomic E-state index is -1.26. The average molecular weight is 506 g/mol. The van der Waals surface area contributed by atoms with Crippen LogP contribution >= 0.6 is 0 Å². The third kappa shape index (κ3) is 8.22. The van der Waals surface area contributed by atoms with Gasteiger partial charge in [-0.2, -0.15) is 0 Å². The Bertz CT molecular complexity index is 966. The molecule has 36 heavy (non-hydrogen) atoms. The molecule has 4 amide bonds. The lowest BCUT2D eigenvalue weighted by Crippen LogP contribution is -2.57. The first-order valence-electron chi connectivity index (χ1n) is 11.8. The minimum Gasteiger partial charge on any atom is -0.508 e. The maximum atomic E-state index is 13.5. The standard InChI is InChI=1S/C24H35N5O7/c1-13(2)10-18(24(35)36)28-22(33)19-4-3-9-29(19)23(34)17(11-14-5-7-15(30)8-6-14)27-21(32)16(25)12-20(26)31/h5-8,13,16-19,30H,3-4,9-12,25H2,1-2H3,(H2,26,31)(H,27,32)(H,28,33)(H,35,36). The number of hydrogen-bond acceptors (Lipinski definition) is 7. The Hall–Kier alpha value is -3.67. The average Bonchev–Trinajstić information content (AvgIpc) is 3.28. The summed E-state index contributed by atoms with van der Waals surface area (Å²) in [6, 6.07) is 1.67. The molecule has 0 radical (unpaired) electrons. The van der Waals surface area contributed by atoms with Gasteiger partial charge in [-0.3, -0.25) is 19.2 Å². The first-order valence-corrected chi connectivity index (χ1v) is 11.8. The molecule has 2 rings (SSSR count). The van der Waals surface area contributed by atoms with E-state index in [0.29, 0.717) is 18.4 Å². The Morgan fingerprint density at radius 1 is 1.08 bits per heavy atom. The number of carbonyl (C=O) groups excluding carboxylic acids is 4. The van der Waals surface area contributed by atoms with Gasteiger partial charge in [0, 0.05) is 13.0 Å². The van der Waals surface area contributed by atoms with Gasteiger partial charge in [0.1, 0.15) is 23.9 Å². The van der Waals surface area contributed by atoms with Crippen molar-refractivity contribution in [1.82, 2.24) is 15.5 Å². The molecule has 1 aromatic rings. The fourth-order valence-electron chi connectivity index (χ4n) is 4.12. The summed E-state index contributed by atoms with van der Waals surface area (Å²) in [6.07, 6.45) is 0.718. The van der Waals surface area contributed by atoms with Crippen LogP contribution in [0.5, 0.6) is 5.75 Å². The van der Waals surface area contributed by atoms with Crippen LogP contribution in [0.2, 0.25) is 0 Å². The highest BCUT2D eigenvalue weighted by atomic mass is 16.4. The summed E-state index contributed by atoms with van der Waals surface area (Å²) in [4.78, 5) is 63.2. The van der Waals surface area contributed by atoms with Gasteiger partial charge in [0.2, 0.25) is 23.6 Å². The molecule has 1 aliphatic rings. The summed E-state index contributed by atoms with van der Waals surface area (Å²) >= 11 is 0. The van der Waals surface area contributed by atoms with E-state index in [-0.39, 0.29) is 31.1 Å². The molecule has 1 saturated heterocycles. The monoisotopic (exact) mass is 505 g/mol. The molecule has 198 valence electrons. The summed E-state index contributed by atoms with van der Waals surface area (Å²) in [5, 5.41) is 24.1. The molecule has 1 aromatic carbocycles. The molecule has 1 aliphatic heterocycles. The van der Waals surface area contributed by atoms with Crippen LogP contribution in [0.3, 0.4) is 0 Å². The third-order valence-electron chi connectivity index (χ3n) is 5.91. The van der Waals surface area contributed by atoms with Crippen molar-refractivity contribution in [1.29, 1.82) is 0 Å². The first kappa shape index (κ1) is 28.6. The van der Waals surface area contributed by atoms with Crippen LogP contribution in [-0.4, -0.2) is 75.4 Å². The van der Waals surface area contributed by atoms with E-state index in [4.69, 9.17) is 11.5 Å². The second-order valence-electron chi connectivity index (χ2n) is 9.43. The van der Waals surface area contributed by atoms with E-state index in [0.717, 1.165) is 0 Å². The second kappa shape index (κ2) is 12.9. The molecule has 1 fully saturated rings. The number of carbonyl (C=O) groups is 5. The van der Waals surface area contributed by atoms with Crippen LogP contribution in [0.15, 0.2) is 24.3 Å². The number of carboxylic acid groups (broad SMARTS) is 1. The fraction of sp³-hybridized carbons (Fsp3) is 0.542. The molecule has 12 nitrogen and oxygen atoms in total. The van der Waals surface area contributed by atoms with E-state index < -0.39 is 60.2 Å². The number of hydrogen-bond donors (Lipinski definition) is 6. The van der Waals surface area contributed by atoms with Gasteiger partial charge in [0.05, 0.1) is 12.5 Å². The Labute approximate surface area is 209 Å². The quantitative estimate of drug-likeness (QED) is 0.212. The van der Waals surface area contributed by atoms with E-state index in [2.05, 4.69) is 10.6 Å². The maximum Gasteiger partial charge on any atom is 0.326 e. The van der Waals surface area contributed by atoms with Crippen LogP contribution in [0, 0.1) is 5.92 Å². The van der Waals surface area contributed by atoms with Crippen LogP contribution in [-0.2, 0) is 30.4 Å². The number of rotatable bonds is 12. The number of nitrogens with two attached hydrogens (primary N) is 2. The lowest BCUT2D eigenvalue weighted by atomic mass is 10.0. The van der Waals surface area contributed by atoms with Gasteiger partial charge in [-0.05, 0) is 42.9 Å². The summed E-state index contributed by atoms with van der Waals surface area (Å²) in [7, 11) is 0. The van der Waals surface area contributed by atoms with Crippen molar-refractivity contribution in [2.75, 3.05) is 6.54 Å². The molecule has 8 N–H and O–H groups in total. The Kier molecular flexibility index (Phi) is 10.2. The predicted octanol–water partition coefficient (Wildman–Crippen LogP) is -0.771. The normalized spacial score (nSPS) is 17.8. The molecule has 0 aromatic heterocycles. The number of amides is 4. The molecule has 0 aliphatic carbocycles. The Morgan fingerprint density at radius 3 is 2.28 bits per heavy atom. The Balaban J connectivity index is 2.23. The number of primary amides is 1. The molecule has 0 bridgehead atoms. The molecule has 0 saturated carbocycles. The Morgan fingerprint density at radius 2 is 1.72 bits per heavy atom. The van der Waals surface area contributed by atoms with Crippen LogP contribution in [0.1, 0.15) is 45.1 Å². The number of carboxylic acids is 1. The highest BCUT2D eigenvalue weighted by molar-refractivity contribution is 5.95. The van der Waals surface area contributed by atoms with Crippen LogP contribution in [0.4, 0.5) is 0 Å². The van der Waals surface area contributed by atoms with Crippen molar-refractivity contribution in [2.24, 2.45) is 17.4 Å². The lowest BCUT2D eigenvalue weighted by molar-refractivity contribution is -0.145. The van der Waals surface area contributed by atoms with Crippen molar-refractivity contribution >= 4 is 29.6 Å². The minimum absolute atomic E-state index is 0.0276. The fourth-order valence-corrected chi connectivity index (χ4v) is 4.12. The molecule has 1 heterocycles. The SMILES string of the molecule is CC(C)CC(NC(=O)C1CCCN1C(=O)C(Cc1ccc(O)cc1)NC(=O)C(N)CC(N)=O)C(=O)O. The van der Waals surface area contributed by atoms with E-state index >= 15 is 0 Å². The summed E-state index contributed by atoms with van der Waals surface area (Å²) in [6.45, 7) is 3.92. The zero-order valence-corrected chi connectivity index (χ0v) is 20.5. The molecule has 4 unspecified atom stereocenters. The largest absolute Gasteiger partial charge is 0.508 e. The van der Waals surface area contributed by atoms with E-state index in [1.807, 2.05) is 13.8 Å². The smallest absolute Gasteiger partial charge is 0.326 e. The number of likely N-dealkylation sites (tertiary alicyclic amines) is 1. The van der Waals surface area contributed by atoms with Gasteiger partial charge in [-0.1, -0.05) is 26.0 Å². The highest BCUT2D eigenvalue weighted by Gasteiger charge is 2.39.